The van der Waals surface area contributed by atoms with Crippen LogP contribution in [0.15, 0.2) is 53.5 Å². The van der Waals surface area contributed by atoms with Crippen molar-refractivity contribution in [2.75, 3.05) is 26.9 Å². The number of halogens is 1. The van der Waals surface area contributed by atoms with E-state index in [-0.39, 0.29) is 24.0 Å². The quantitative estimate of drug-likeness (QED) is 0.378. The molecule has 4 rings (SSSR count). The molecule has 1 fully saturated rings. The maximum absolute atomic E-state index is 5.43. The maximum atomic E-state index is 5.43. The third-order valence-electron chi connectivity index (χ3n) is 5.05. The number of hydrogen-bond donors (Lipinski definition) is 2. The number of fused-ring (bicyclic) bond motifs is 1. The molecule has 2 aromatic rings. The maximum Gasteiger partial charge on any atom is 0.231 e. The third kappa shape index (κ3) is 5.06. The van der Waals surface area contributed by atoms with Gasteiger partial charge in [0.25, 0.3) is 0 Å². The Labute approximate surface area is 177 Å². The molecule has 2 unspecified atom stereocenters. The van der Waals surface area contributed by atoms with Gasteiger partial charge >= 0.3 is 0 Å². The largest absolute Gasteiger partial charge is 0.454 e. The molecule has 0 radical (unpaired) electrons. The summed E-state index contributed by atoms with van der Waals surface area (Å²) in [6.07, 6.45) is 2.17. The second kappa shape index (κ2) is 9.30. The smallest absolute Gasteiger partial charge is 0.231 e. The number of nitrogens with zero attached hydrogens (tertiary/aromatic N) is 1. The lowest BCUT2D eigenvalue weighted by Gasteiger charge is -2.12. The molecule has 144 valence electrons. The highest BCUT2D eigenvalue weighted by atomic mass is 127. The zero-order chi connectivity index (χ0) is 17.8. The molecular weight excluding hydrogens is 453 g/mol. The van der Waals surface area contributed by atoms with Gasteiger partial charge in [-0.3, -0.25) is 4.99 Å². The summed E-state index contributed by atoms with van der Waals surface area (Å²) in [6, 6.07) is 16.9. The first kappa shape index (κ1) is 19.8. The number of guanidine groups is 1. The van der Waals surface area contributed by atoms with Crippen molar-refractivity contribution in [1.29, 1.82) is 0 Å². The lowest BCUT2D eigenvalue weighted by atomic mass is 10.1. The minimum atomic E-state index is 0. The van der Waals surface area contributed by atoms with Gasteiger partial charge in [-0.25, -0.2) is 0 Å². The van der Waals surface area contributed by atoms with Gasteiger partial charge in [0.1, 0.15) is 0 Å². The van der Waals surface area contributed by atoms with E-state index in [1.165, 1.54) is 17.5 Å². The van der Waals surface area contributed by atoms with Gasteiger partial charge in [0.15, 0.2) is 17.5 Å². The molecule has 0 bridgehead atoms. The fourth-order valence-corrected chi connectivity index (χ4v) is 3.45. The van der Waals surface area contributed by atoms with Crippen LogP contribution >= 0.6 is 24.0 Å². The molecule has 1 heterocycles. The van der Waals surface area contributed by atoms with E-state index < -0.39 is 0 Å². The van der Waals surface area contributed by atoms with Gasteiger partial charge in [0.05, 0.1) is 0 Å². The van der Waals surface area contributed by atoms with E-state index >= 15 is 0 Å². The first-order valence-corrected chi connectivity index (χ1v) is 9.21. The molecule has 0 amide bonds. The Morgan fingerprint density at radius 2 is 1.89 bits per heavy atom. The Kier molecular flexibility index (Phi) is 6.82. The standard InChI is InChI=1S/C21H25N3O2.HI/c1-22-21(24-13-17-12-18(17)16-5-3-2-4-6-16)23-10-9-15-7-8-19-20(11-15)26-14-25-19;/h2-8,11,17-18H,9-10,12-14H2,1H3,(H2,22,23,24);1H. The number of benzene rings is 2. The van der Waals surface area contributed by atoms with E-state index in [0.29, 0.717) is 18.6 Å². The van der Waals surface area contributed by atoms with Crippen LogP contribution in [0.25, 0.3) is 0 Å². The topological polar surface area (TPSA) is 54.9 Å². The second-order valence-corrected chi connectivity index (χ2v) is 6.83. The van der Waals surface area contributed by atoms with Gasteiger partial charge in [-0.05, 0) is 47.9 Å². The van der Waals surface area contributed by atoms with E-state index in [1.54, 1.807) is 0 Å². The summed E-state index contributed by atoms with van der Waals surface area (Å²) >= 11 is 0. The molecule has 1 aliphatic carbocycles. The van der Waals surface area contributed by atoms with Gasteiger partial charge < -0.3 is 20.1 Å². The average molecular weight is 479 g/mol. The molecule has 27 heavy (non-hydrogen) atoms. The van der Waals surface area contributed by atoms with Crippen molar-refractivity contribution in [2.45, 2.75) is 18.8 Å². The molecule has 2 aliphatic rings. The van der Waals surface area contributed by atoms with Gasteiger partial charge in [-0.1, -0.05) is 36.4 Å². The van der Waals surface area contributed by atoms with Crippen LogP contribution in [-0.2, 0) is 6.42 Å². The number of nitrogens with one attached hydrogen (secondary N) is 2. The highest BCUT2D eigenvalue weighted by Gasteiger charge is 2.37. The molecular formula is C21H26IN3O2. The lowest BCUT2D eigenvalue weighted by Crippen LogP contribution is -2.39. The van der Waals surface area contributed by atoms with Crippen LogP contribution in [0.5, 0.6) is 11.5 Å². The molecule has 2 N–H and O–H groups in total. The number of aliphatic imine (C=N–C) groups is 1. The van der Waals surface area contributed by atoms with Crippen LogP contribution in [0.2, 0.25) is 0 Å². The zero-order valence-electron chi connectivity index (χ0n) is 15.5. The minimum absolute atomic E-state index is 0. The van der Waals surface area contributed by atoms with Crippen LogP contribution in [0.3, 0.4) is 0 Å². The zero-order valence-corrected chi connectivity index (χ0v) is 17.8. The predicted molar refractivity (Wildman–Crippen MR) is 118 cm³/mol. The molecule has 0 aromatic heterocycles. The predicted octanol–water partition coefficient (Wildman–Crippen LogP) is 3.54. The monoisotopic (exact) mass is 479 g/mol. The van der Waals surface area contributed by atoms with E-state index in [4.69, 9.17) is 9.47 Å². The number of hydrogen-bond acceptors (Lipinski definition) is 3. The van der Waals surface area contributed by atoms with Gasteiger partial charge in [-0.2, -0.15) is 0 Å². The summed E-state index contributed by atoms with van der Waals surface area (Å²) in [4.78, 5) is 4.32. The van der Waals surface area contributed by atoms with Crippen LogP contribution in [0.4, 0.5) is 0 Å². The Hall–Kier alpha value is -1.96. The van der Waals surface area contributed by atoms with E-state index in [2.05, 4.69) is 58.1 Å². The minimum Gasteiger partial charge on any atom is -0.454 e. The van der Waals surface area contributed by atoms with E-state index in [9.17, 15) is 0 Å². The van der Waals surface area contributed by atoms with Gasteiger partial charge in [0.2, 0.25) is 6.79 Å². The SMILES string of the molecule is CN=C(NCCc1ccc2c(c1)OCO2)NCC1CC1c1ccccc1.I. The van der Waals surface area contributed by atoms with Crippen LogP contribution in [0, 0.1) is 5.92 Å². The molecule has 0 spiro atoms. The van der Waals surface area contributed by atoms with Crippen molar-refractivity contribution in [3.05, 3.63) is 59.7 Å². The molecule has 2 atom stereocenters. The Bertz CT molecular complexity index is 782. The lowest BCUT2D eigenvalue weighted by molar-refractivity contribution is 0.174. The molecule has 0 saturated heterocycles. The second-order valence-electron chi connectivity index (χ2n) is 6.83. The van der Waals surface area contributed by atoms with Crippen LogP contribution < -0.4 is 20.1 Å². The summed E-state index contributed by atoms with van der Waals surface area (Å²) < 4.78 is 10.8. The number of rotatable bonds is 6. The summed E-state index contributed by atoms with van der Waals surface area (Å²) in [5.74, 6) is 3.92. The summed E-state index contributed by atoms with van der Waals surface area (Å²) in [5, 5.41) is 6.84. The Morgan fingerprint density at radius 1 is 1.07 bits per heavy atom. The first-order valence-electron chi connectivity index (χ1n) is 9.21. The van der Waals surface area contributed by atoms with Crippen molar-refractivity contribution in [3.8, 4) is 11.5 Å². The summed E-state index contributed by atoms with van der Waals surface area (Å²) in [5.41, 5.74) is 2.67. The van der Waals surface area contributed by atoms with Crippen molar-refractivity contribution in [3.63, 3.8) is 0 Å². The highest BCUT2D eigenvalue weighted by molar-refractivity contribution is 14.0. The first-order chi connectivity index (χ1) is 12.8. The van der Waals surface area contributed by atoms with Crippen LogP contribution in [-0.4, -0.2) is 32.9 Å². The molecule has 1 aliphatic heterocycles. The normalized spacial score (nSPS) is 20.0. The Morgan fingerprint density at radius 3 is 2.70 bits per heavy atom. The molecule has 5 nitrogen and oxygen atoms in total. The average Bonchev–Trinajstić information content (AvgIpc) is 3.31. The van der Waals surface area contributed by atoms with E-state index in [1.807, 2.05) is 13.1 Å². The van der Waals surface area contributed by atoms with Gasteiger partial charge in [0, 0.05) is 20.1 Å². The van der Waals surface area contributed by atoms with Crippen molar-refractivity contribution >= 4 is 29.9 Å². The molecule has 1 saturated carbocycles. The van der Waals surface area contributed by atoms with E-state index in [0.717, 1.165) is 37.0 Å². The molecule has 6 heteroatoms. The summed E-state index contributed by atoms with van der Waals surface area (Å²) in [6.45, 7) is 2.11. The highest BCUT2D eigenvalue weighted by Crippen LogP contribution is 2.46. The van der Waals surface area contributed by atoms with Crippen molar-refractivity contribution in [1.82, 2.24) is 10.6 Å². The Balaban J connectivity index is 0.00000210. The van der Waals surface area contributed by atoms with Gasteiger partial charge in [-0.15, -0.1) is 24.0 Å². The summed E-state index contributed by atoms with van der Waals surface area (Å²) in [7, 11) is 1.82. The molecule has 2 aromatic carbocycles. The van der Waals surface area contributed by atoms with Crippen LogP contribution in [0.1, 0.15) is 23.5 Å². The fourth-order valence-electron chi connectivity index (χ4n) is 3.45. The fraction of sp³-hybridized carbons (Fsp3) is 0.381. The van der Waals surface area contributed by atoms with Crippen molar-refractivity contribution < 1.29 is 9.47 Å². The van der Waals surface area contributed by atoms with Crippen molar-refractivity contribution in [2.24, 2.45) is 10.9 Å². The number of ether oxygens (including phenoxy) is 2. The third-order valence-corrected chi connectivity index (χ3v) is 5.05.